The van der Waals surface area contributed by atoms with Crippen molar-refractivity contribution in [2.45, 2.75) is 19.8 Å². The van der Waals surface area contributed by atoms with Crippen LogP contribution in [0.3, 0.4) is 0 Å². The lowest BCUT2D eigenvalue weighted by molar-refractivity contribution is 0.112. The molecule has 0 aliphatic carbocycles. The van der Waals surface area contributed by atoms with E-state index in [0.717, 1.165) is 18.0 Å². The quantitative estimate of drug-likeness (QED) is 0.352. The first-order valence-corrected chi connectivity index (χ1v) is 7.66. The Balaban J connectivity index is 0.00000254. The maximum atomic E-state index is 13.7. The first-order chi connectivity index (χ1) is 11.6. The van der Waals surface area contributed by atoms with E-state index in [9.17, 15) is 9.18 Å². The molecule has 0 bridgehead atoms. The predicted molar refractivity (Wildman–Crippen MR) is 100 cm³/mol. The summed E-state index contributed by atoms with van der Waals surface area (Å²) in [6.45, 7) is 9.47. The highest BCUT2D eigenvalue weighted by molar-refractivity contribution is 5.90. The molecule has 0 fully saturated rings. The van der Waals surface area contributed by atoms with Gasteiger partial charge < -0.3 is 10.6 Å². The molecule has 0 radical (unpaired) electrons. The van der Waals surface area contributed by atoms with Crippen LogP contribution in [-0.2, 0) is 0 Å². The number of nitrogens with two attached hydrogens (primary N) is 1. The number of nitrogens with zero attached hydrogens (tertiary/aromatic N) is 2. The van der Waals surface area contributed by atoms with E-state index in [1.165, 1.54) is 13.1 Å². The monoisotopic (exact) mass is 331 g/mol. The third-order valence-electron chi connectivity index (χ3n) is 3.14. The van der Waals surface area contributed by atoms with Crippen LogP contribution in [0.1, 0.15) is 30.1 Å². The standard InChI is InChI=1S/C18H21FN2O.CH5N/c1-5-9-14(7-3)21(4)18(10-6-2)20-17-12-8-11-16(19)15(17)13-22;1-2/h5,7-9,11-13H,1,3,6,10H2,2,4H3;2H2,1H3/b14-9+,20-18?;. The van der Waals surface area contributed by atoms with Gasteiger partial charge in [-0.3, -0.25) is 4.79 Å². The van der Waals surface area contributed by atoms with Crippen molar-refractivity contribution in [3.63, 3.8) is 0 Å². The van der Waals surface area contributed by atoms with Crippen LogP contribution in [0.25, 0.3) is 0 Å². The smallest absolute Gasteiger partial charge is 0.155 e. The maximum absolute atomic E-state index is 13.7. The summed E-state index contributed by atoms with van der Waals surface area (Å²) in [6.07, 6.45) is 7.21. The molecular formula is C19H26FN3O. The van der Waals surface area contributed by atoms with E-state index in [4.69, 9.17) is 0 Å². The zero-order chi connectivity index (χ0) is 18.5. The lowest BCUT2D eigenvalue weighted by Gasteiger charge is -2.22. The molecule has 1 aromatic carbocycles. The summed E-state index contributed by atoms with van der Waals surface area (Å²) >= 11 is 0. The van der Waals surface area contributed by atoms with Crippen molar-refractivity contribution in [1.82, 2.24) is 4.90 Å². The Morgan fingerprint density at radius 3 is 2.54 bits per heavy atom. The molecule has 24 heavy (non-hydrogen) atoms. The molecule has 0 saturated heterocycles. The minimum absolute atomic E-state index is 0.0302. The molecule has 0 aliphatic rings. The van der Waals surface area contributed by atoms with Crippen LogP contribution < -0.4 is 5.73 Å². The fraction of sp³-hybridized carbons (Fsp3) is 0.263. The summed E-state index contributed by atoms with van der Waals surface area (Å²) in [5.41, 5.74) is 5.62. The highest BCUT2D eigenvalue weighted by Gasteiger charge is 2.12. The summed E-state index contributed by atoms with van der Waals surface area (Å²) in [4.78, 5) is 17.4. The first-order valence-electron chi connectivity index (χ1n) is 7.66. The molecule has 4 nitrogen and oxygen atoms in total. The number of rotatable bonds is 7. The van der Waals surface area contributed by atoms with Crippen molar-refractivity contribution in [1.29, 1.82) is 0 Å². The molecule has 5 heteroatoms. The van der Waals surface area contributed by atoms with E-state index in [-0.39, 0.29) is 5.56 Å². The highest BCUT2D eigenvalue weighted by atomic mass is 19.1. The molecule has 0 heterocycles. The number of likely N-dealkylation sites (N-methyl/N-ethyl adjacent to an activating group) is 1. The largest absolute Gasteiger partial charge is 0.333 e. The van der Waals surface area contributed by atoms with Gasteiger partial charge in [0.15, 0.2) is 6.29 Å². The van der Waals surface area contributed by atoms with Crippen molar-refractivity contribution in [3.05, 3.63) is 66.7 Å². The average Bonchev–Trinajstić information content (AvgIpc) is 2.60. The summed E-state index contributed by atoms with van der Waals surface area (Å²) < 4.78 is 13.7. The lowest BCUT2D eigenvalue weighted by atomic mass is 10.2. The number of carbonyl (C=O) groups excluding carboxylic acids is 1. The van der Waals surface area contributed by atoms with Gasteiger partial charge in [0, 0.05) is 19.2 Å². The van der Waals surface area contributed by atoms with Crippen LogP contribution in [-0.4, -0.2) is 31.1 Å². The van der Waals surface area contributed by atoms with Gasteiger partial charge in [-0.15, -0.1) is 0 Å². The van der Waals surface area contributed by atoms with Gasteiger partial charge in [-0.1, -0.05) is 32.2 Å². The first kappa shape index (κ1) is 21.5. The minimum Gasteiger partial charge on any atom is -0.333 e. The third kappa shape index (κ3) is 5.93. The summed E-state index contributed by atoms with van der Waals surface area (Å²) in [5, 5.41) is 0. The second-order valence-corrected chi connectivity index (χ2v) is 4.66. The molecule has 0 spiro atoms. The molecule has 130 valence electrons. The van der Waals surface area contributed by atoms with Crippen molar-refractivity contribution in [2.24, 2.45) is 10.7 Å². The van der Waals surface area contributed by atoms with Crippen LogP contribution in [0, 0.1) is 5.82 Å². The fourth-order valence-electron chi connectivity index (χ4n) is 1.99. The van der Waals surface area contributed by atoms with E-state index in [0.29, 0.717) is 18.4 Å². The zero-order valence-electron chi connectivity index (χ0n) is 14.6. The van der Waals surface area contributed by atoms with Gasteiger partial charge in [0.25, 0.3) is 0 Å². The van der Waals surface area contributed by atoms with Crippen molar-refractivity contribution in [3.8, 4) is 0 Å². The second kappa shape index (κ2) is 12.0. The molecule has 0 atom stereocenters. The molecule has 0 unspecified atom stereocenters. The number of aldehydes is 1. The molecule has 1 rings (SSSR count). The van der Waals surface area contributed by atoms with Gasteiger partial charge in [0.1, 0.15) is 11.7 Å². The number of hydrogen-bond acceptors (Lipinski definition) is 3. The molecule has 0 aromatic heterocycles. The number of allylic oxidation sites excluding steroid dienone is 3. The predicted octanol–water partition coefficient (Wildman–Crippen LogP) is 4.23. The SMILES string of the molecule is C=C/C=C(\C=C)N(C)C(CCC)=Nc1cccc(F)c1C=O.CN. The van der Waals surface area contributed by atoms with Gasteiger partial charge in [-0.05, 0) is 37.8 Å². The van der Waals surface area contributed by atoms with E-state index in [1.54, 1.807) is 24.3 Å². The number of hydrogen-bond donors (Lipinski definition) is 1. The van der Waals surface area contributed by atoms with E-state index < -0.39 is 5.82 Å². The molecule has 2 N–H and O–H groups in total. The molecule has 0 saturated carbocycles. The summed E-state index contributed by atoms with van der Waals surface area (Å²) in [5.74, 6) is 0.157. The third-order valence-corrected chi connectivity index (χ3v) is 3.14. The molecule has 0 amide bonds. The van der Waals surface area contributed by atoms with Crippen LogP contribution in [0.15, 0.2) is 60.3 Å². The molecular weight excluding hydrogens is 305 g/mol. The highest BCUT2D eigenvalue weighted by Crippen LogP contribution is 2.22. The number of aliphatic imine (C=N–C) groups is 1. The topological polar surface area (TPSA) is 58.7 Å². The van der Waals surface area contributed by atoms with Crippen LogP contribution in [0.2, 0.25) is 0 Å². The molecule has 0 aliphatic heterocycles. The Bertz CT molecular complexity index is 621. The van der Waals surface area contributed by atoms with E-state index >= 15 is 0 Å². The van der Waals surface area contributed by atoms with Crippen LogP contribution in [0.5, 0.6) is 0 Å². The van der Waals surface area contributed by atoms with Gasteiger partial charge in [-0.2, -0.15) is 0 Å². The number of halogens is 1. The van der Waals surface area contributed by atoms with E-state index in [2.05, 4.69) is 23.9 Å². The second-order valence-electron chi connectivity index (χ2n) is 4.66. The average molecular weight is 331 g/mol. The number of benzene rings is 1. The Hall–Kier alpha value is -2.53. The Morgan fingerprint density at radius 1 is 1.38 bits per heavy atom. The zero-order valence-corrected chi connectivity index (χ0v) is 14.6. The van der Waals surface area contributed by atoms with Gasteiger partial charge in [-0.25, -0.2) is 9.38 Å². The normalized spacial score (nSPS) is 11.2. The Labute approximate surface area is 143 Å². The molecule has 1 aromatic rings. The Kier molecular flexibility index (Phi) is 10.7. The lowest BCUT2D eigenvalue weighted by Crippen LogP contribution is -2.25. The number of amidine groups is 1. The van der Waals surface area contributed by atoms with Crippen LogP contribution >= 0.6 is 0 Å². The summed E-state index contributed by atoms with van der Waals surface area (Å²) in [7, 11) is 3.35. The van der Waals surface area contributed by atoms with Crippen LogP contribution in [0.4, 0.5) is 10.1 Å². The summed E-state index contributed by atoms with van der Waals surface area (Å²) in [6, 6.07) is 4.42. The fourth-order valence-corrected chi connectivity index (χ4v) is 1.99. The van der Waals surface area contributed by atoms with Gasteiger partial charge in [0.2, 0.25) is 0 Å². The van der Waals surface area contributed by atoms with Crippen molar-refractivity contribution >= 4 is 17.8 Å². The Morgan fingerprint density at radius 2 is 2.04 bits per heavy atom. The van der Waals surface area contributed by atoms with E-state index in [1.807, 2.05) is 24.9 Å². The van der Waals surface area contributed by atoms with Crippen molar-refractivity contribution in [2.75, 3.05) is 14.1 Å². The number of carbonyl (C=O) groups is 1. The van der Waals surface area contributed by atoms with Crippen molar-refractivity contribution < 1.29 is 9.18 Å². The maximum Gasteiger partial charge on any atom is 0.155 e. The van der Waals surface area contributed by atoms with Gasteiger partial charge in [0.05, 0.1) is 11.3 Å². The minimum atomic E-state index is -0.569. The van der Waals surface area contributed by atoms with Gasteiger partial charge >= 0.3 is 0 Å².